The fourth-order valence-electron chi connectivity index (χ4n) is 1.88. The molecule has 0 aliphatic rings. The summed E-state index contributed by atoms with van der Waals surface area (Å²) in [6.45, 7) is 4.60. The van der Waals surface area contributed by atoms with E-state index in [2.05, 4.69) is 18.7 Å². The molecule has 0 bridgehead atoms. The van der Waals surface area contributed by atoms with Crippen molar-refractivity contribution in [1.29, 1.82) is 0 Å². The van der Waals surface area contributed by atoms with Crippen molar-refractivity contribution in [2.24, 2.45) is 5.73 Å². The molecule has 0 saturated heterocycles. The van der Waals surface area contributed by atoms with Crippen molar-refractivity contribution in [3.05, 3.63) is 34.6 Å². The first-order chi connectivity index (χ1) is 8.01. The Morgan fingerprint density at radius 3 is 2.59 bits per heavy atom. The van der Waals surface area contributed by atoms with E-state index >= 15 is 0 Å². The topological polar surface area (TPSA) is 29.3 Å². The zero-order valence-electron chi connectivity index (χ0n) is 10.6. The van der Waals surface area contributed by atoms with Gasteiger partial charge < -0.3 is 5.73 Å². The summed E-state index contributed by atoms with van der Waals surface area (Å²) in [7, 11) is 1.97. The first kappa shape index (κ1) is 14.4. The summed E-state index contributed by atoms with van der Waals surface area (Å²) in [5.74, 6) is -0.289. The van der Waals surface area contributed by atoms with Crippen LogP contribution in [-0.2, 0) is 0 Å². The van der Waals surface area contributed by atoms with E-state index in [4.69, 9.17) is 17.3 Å². The van der Waals surface area contributed by atoms with Crippen molar-refractivity contribution in [2.45, 2.75) is 32.4 Å². The van der Waals surface area contributed by atoms with Crippen LogP contribution in [0, 0.1) is 5.82 Å². The lowest BCUT2D eigenvalue weighted by Gasteiger charge is -2.32. The molecular weight excluding hydrogens is 239 g/mol. The van der Waals surface area contributed by atoms with E-state index in [-0.39, 0.29) is 11.9 Å². The Bertz CT molecular complexity index is 370. The lowest BCUT2D eigenvalue weighted by molar-refractivity contribution is 0.181. The third-order valence-corrected chi connectivity index (χ3v) is 3.56. The largest absolute Gasteiger partial charge is 0.329 e. The van der Waals surface area contributed by atoms with Gasteiger partial charge in [-0.25, -0.2) is 4.39 Å². The summed E-state index contributed by atoms with van der Waals surface area (Å²) >= 11 is 5.75. The standard InChI is InChI=1S/C13H20ClFN2/c1-4-9(2)17(3)13(8-16)11-6-5-10(14)7-12(11)15/h5-7,9,13H,4,8,16H2,1-3H3. The van der Waals surface area contributed by atoms with Gasteiger partial charge in [-0.1, -0.05) is 24.6 Å². The zero-order chi connectivity index (χ0) is 13.0. The molecule has 0 fully saturated rings. The molecule has 0 radical (unpaired) electrons. The van der Waals surface area contributed by atoms with Crippen LogP contribution in [-0.4, -0.2) is 24.5 Å². The third-order valence-electron chi connectivity index (χ3n) is 3.32. The zero-order valence-corrected chi connectivity index (χ0v) is 11.3. The van der Waals surface area contributed by atoms with Crippen molar-refractivity contribution in [3.8, 4) is 0 Å². The SMILES string of the molecule is CCC(C)N(C)C(CN)c1ccc(Cl)cc1F. The highest BCUT2D eigenvalue weighted by molar-refractivity contribution is 6.30. The average Bonchev–Trinajstić information content (AvgIpc) is 2.31. The second kappa shape index (κ2) is 6.34. The predicted molar refractivity (Wildman–Crippen MR) is 70.7 cm³/mol. The monoisotopic (exact) mass is 258 g/mol. The van der Waals surface area contributed by atoms with Crippen LogP contribution >= 0.6 is 11.6 Å². The number of benzene rings is 1. The van der Waals surface area contributed by atoms with Crippen molar-refractivity contribution >= 4 is 11.6 Å². The molecule has 1 rings (SSSR count). The molecule has 0 amide bonds. The van der Waals surface area contributed by atoms with Crippen LogP contribution in [0.4, 0.5) is 4.39 Å². The van der Waals surface area contributed by atoms with Gasteiger partial charge in [-0.05, 0) is 32.5 Å². The minimum atomic E-state index is -0.289. The average molecular weight is 259 g/mol. The number of hydrogen-bond donors (Lipinski definition) is 1. The summed E-state index contributed by atoms with van der Waals surface area (Å²) in [5, 5.41) is 0.410. The molecule has 0 aromatic heterocycles. The fraction of sp³-hybridized carbons (Fsp3) is 0.538. The maximum atomic E-state index is 13.8. The van der Waals surface area contributed by atoms with Gasteiger partial charge in [0.05, 0.1) is 0 Å². The van der Waals surface area contributed by atoms with E-state index in [1.54, 1.807) is 12.1 Å². The van der Waals surface area contributed by atoms with Gasteiger partial charge in [-0.3, -0.25) is 4.90 Å². The normalized spacial score (nSPS) is 15.0. The molecule has 96 valence electrons. The van der Waals surface area contributed by atoms with Crippen LogP contribution < -0.4 is 5.73 Å². The van der Waals surface area contributed by atoms with E-state index in [1.807, 2.05) is 7.05 Å². The number of nitrogens with two attached hydrogens (primary N) is 1. The summed E-state index contributed by atoms with van der Waals surface area (Å²) in [6.07, 6.45) is 1.00. The Morgan fingerprint density at radius 2 is 2.12 bits per heavy atom. The molecule has 0 spiro atoms. The lowest BCUT2D eigenvalue weighted by atomic mass is 10.0. The van der Waals surface area contributed by atoms with Gasteiger partial charge in [-0.15, -0.1) is 0 Å². The van der Waals surface area contributed by atoms with E-state index in [1.165, 1.54) is 6.07 Å². The first-order valence-electron chi connectivity index (χ1n) is 5.88. The molecule has 0 saturated carbocycles. The van der Waals surface area contributed by atoms with Crippen LogP contribution in [0.3, 0.4) is 0 Å². The highest BCUT2D eigenvalue weighted by Crippen LogP contribution is 2.25. The van der Waals surface area contributed by atoms with Crippen molar-refractivity contribution in [2.75, 3.05) is 13.6 Å². The van der Waals surface area contributed by atoms with Crippen LogP contribution in [0.2, 0.25) is 5.02 Å². The molecule has 4 heteroatoms. The van der Waals surface area contributed by atoms with Crippen LogP contribution in [0.15, 0.2) is 18.2 Å². The van der Waals surface area contributed by atoms with E-state index in [9.17, 15) is 4.39 Å². The summed E-state index contributed by atoms with van der Waals surface area (Å²) in [4.78, 5) is 2.10. The van der Waals surface area contributed by atoms with Crippen LogP contribution in [0.5, 0.6) is 0 Å². The Kier molecular flexibility index (Phi) is 5.37. The molecule has 1 aromatic carbocycles. The van der Waals surface area contributed by atoms with E-state index in [0.29, 0.717) is 23.2 Å². The Morgan fingerprint density at radius 1 is 1.47 bits per heavy atom. The smallest absolute Gasteiger partial charge is 0.129 e. The van der Waals surface area contributed by atoms with E-state index in [0.717, 1.165) is 6.42 Å². The number of halogens is 2. The molecule has 17 heavy (non-hydrogen) atoms. The maximum Gasteiger partial charge on any atom is 0.129 e. The number of rotatable bonds is 5. The van der Waals surface area contributed by atoms with Gasteiger partial charge in [0, 0.05) is 29.2 Å². The molecule has 2 N–H and O–H groups in total. The molecule has 0 aliphatic carbocycles. The van der Waals surface area contributed by atoms with Gasteiger partial charge in [0.2, 0.25) is 0 Å². The van der Waals surface area contributed by atoms with Gasteiger partial charge >= 0.3 is 0 Å². The Labute approximate surface area is 108 Å². The van der Waals surface area contributed by atoms with Crippen molar-refractivity contribution in [3.63, 3.8) is 0 Å². The van der Waals surface area contributed by atoms with Crippen molar-refractivity contribution < 1.29 is 4.39 Å². The van der Waals surface area contributed by atoms with E-state index < -0.39 is 0 Å². The van der Waals surface area contributed by atoms with Gasteiger partial charge in [0.1, 0.15) is 5.82 Å². The van der Waals surface area contributed by atoms with Gasteiger partial charge in [0.25, 0.3) is 0 Å². The van der Waals surface area contributed by atoms with Crippen LogP contribution in [0.1, 0.15) is 31.9 Å². The second-order valence-electron chi connectivity index (χ2n) is 4.34. The number of nitrogens with zero attached hydrogens (tertiary/aromatic N) is 1. The quantitative estimate of drug-likeness (QED) is 0.879. The summed E-state index contributed by atoms with van der Waals surface area (Å²) < 4.78 is 13.8. The van der Waals surface area contributed by atoms with Crippen molar-refractivity contribution in [1.82, 2.24) is 4.90 Å². The molecular formula is C13H20ClFN2. The second-order valence-corrected chi connectivity index (χ2v) is 4.78. The fourth-order valence-corrected chi connectivity index (χ4v) is 2.04. The Balaban J connectivity index is 3.01. The predicted octanol–water partition coefficient (Wildman–Crippen LogP) is 3.21. The molecule has 2 nitrogen and oxygen atoms in total. The summed E-state index contributed by atoms with van der Waals surface area (Å²) in [5.41, 5.74) is 6.37. The molecule has 2 atom stereocenters. The molecule has 0 aliphatic heterocycles. The summed E-state index contributed by atoms with van der Waals surface area (Å²) in [6, 6.07) is 5.01. The minimum Gasteiger partial charge on any atom is -0.329 e. The lowest BCUT2D eigenvalue weighted by Crippen LogP contribution is -2.37. The number of hydrogen-bond acceptors (Lipinski definition) is 2. The van der Waals surface area contributed by atoms with Crippen LogP contribution in [0.25, 0.3) is 0 Å². The van der Waals surface area contributed by atoms with Gasteiger partial charge in [-0.2, -0.15) is 0 Å². The first-order valence-corrected chi connectivity index (χ1v) is 6.26. The maximum absolute atomic E-state index is 13.8. The molecule has 1 aromatic rings. The number of likely N-dealkylation sites (N-methyl/N-ethyl adjacent to an activating group) is 1. The third kappa shape index (κ3) is 3.41. The molecule has 0 heterocycles. The minimum absolute atomic E-state index is 0.109. The highest BCUT2D eigenvalue weighted by atomic mass is 35.5. The van der Waals surface area contributed by atoms with Gasteiger partial charge in [0.15, 0.2) is 0 Å². The molecule has 2 unspecified atom stereocenters. The highest BCUT2D eigenvalue weighted by Gasteiger charge is 2.22. The Hall–Kier alpha value is -0.640.